The standard InChI is InChI=1S/C17H19F3N4O2/c1-21-16(25)12-6-8-24(9-7-12)10-14-22-15(23-26-14)11-2-4-13(5-3-11)17(18,19)20/h2-5,12H,6-10H2,1H3,(H,21,25). The molecule has 2 aromatic rings. The van der Waals surface area contributed by atoms with Crippen LogP contribution in [0.3, 0.4) is 0 Å². The van der Waals surface area contributed by atoms with Crippen LogP contribution in [0.5, 0.6) is 0 Å². The number of hydrogen-bond donors (Lipinski definition) is 1. The summed E-state index contributed by atoms with van der Waals surface area (Å²) >= 11 is 0. The van der Waals surface area contributed by atoms with Crippen molar-refractivity contribution in [3.63, 3.8) is 0 Å². The molecule has 1 saturated heterocycles. The van der Waals surface area contributed by atoms with Gasteiger partial charge in [0.05, 0.1) is 12.1 Å². The minimum absolute atomic E-state index is 0.0293. The molecule has 0 aliphatic carbocycles. The number of nitrogens with one attached hydrogen (secondary N) is 1. The van der Waals surface area contributed by atoms with Gasteiger partial charge in [-0.05, 0) is 38.1 Å². The molecule has 0 saturated carbocycles. The van der Waals surface area contributed by atoms with Crippen LogP contribution in [0, 0.1) is 5.92 Å². The summed E-state index contributed by atoms with van der Waals surface area (Å²) in [6, 6.07) is 4.64. The highest BCUT2D eigenvalue weighted by Crippen LogP contribution is 2.30. The summed E-state index contributed by atoms with van der Waals surface area (Å²) < 4.78 is 43.0. The molecule has 0 unspecified atom stereocenters. The average Bonchev–Trinajstić information content (AvgIpc) is 3.09. The van der Waals surface area contributed by atoms with Crippen LogP contribution in [-0.2, 0) is 17.5 Å². The maximum atomic E-state index is 12.6. The van der Waals surface area contributed by atoms with Gasteiger partial charge in [0.25, 0.3) is 0 Å². The van der Waals surface area contributed by atoms with E-state index in [1.807, 2.05) is 0 Å². The topological polar surface area (TPSA) is 71.3 Å². The smallest absolute Gasteiger partial charge is 0.359 e. The van der Waals surface area contributed by atoms with Crippen molar-refractivity contribution in [1.82, 2.24) is 20.4 Å². The molecule has 1 aliphatic rings. The predicted molar refractivity (Wildman–Crippen MR) is 86.8 cm³/mol. The number of benzene rings is 1. The van der Waals surface area contributed by atoms with E-state index in [0.717, 1.165) is 38.1 Å². The molecule has 140 valence electrons. The van der Waals surface area contributed by atoms with E-state index in [9.17, 15) is 18.0 Å². The van der Waals surface area contributed by atoms with Gasteiger partial charge in [-0.1, -0.05) is 17.3 Å². The Morgan fingerprint density at radius 3 is 2.50 bits per heavy atom. The van der Waals surface area contributed by atoms with Gasteiger partial charge < -0.3 is 9.84 Å². The largest absolute Gasteiger partial charge is 0.416 e. The monoisotopic (exact) mass is 368 g/mol. The summed E-state index contributed by atoms with van der Waals surface area (Å²) in [7, 11) is 1.63. The maximum Gasteiger partial charge on any atom is 0.416 e. The fourth-order valence-corrected chi connectivity index (χ4v) is 2.99. The molecule has 3 rings (SSSR count). The van der Waals surface area contributed by atoms with Gasteiger partial charge in [-0.2, -0.15) is 18.2 Å². The highest BCUT2D eigenvalue weighted by molar-refractivity contribution is 5.78. The summed E-state index contributed by atoms with van der Waals surface area (Å²) in [5.74, 6) is 0.751. The van der Waals surface area contributed by atoms with Gasteiger partial charge in [0.15, 0.2) is 0 Å². The Balaban J connectivity index is 1.59. The molecule has 0 bridgehead atoms. The number of amides is 1. The lowest BCUT2D eigenvalue weighted by molar-refractivity contribution is -0.137. The number of hydrogen-bond acceptors (Lipinski definition) is 5. The zero-order valence-corrected chi connectivity index (χ0v) is 14.2. The first-order valence-electron chi connectivity index (χ1n) is 8.31. The van der Waals surface area contributed by atoms with E-state index in [-0.39, 0.29) is 17.6 Å². The number of rotatable bonds is 4. The molecule has 1 aromatic carbocycles. The van der Waals surface area contributed by atoms with Gasteiger partial charge in [-0.15, -0.1) is 0 Å². The van der Waals surface area contributed by atoms with E-state index < -0.39 is 11.7 Å². The summed E-state index contributed by atoms with van der Waals surface area (Å²) in [6.45, 7) is 1.94. The predicted octanol–water partition coefficient (Wildman–Crippen LogP) is 2.71. The molecule has 6 nitrogen and oxygen atoms in total. The van der Waals surface area contributed by atoms with Gasteiger partial charge >= 0.3 is 6.18 Å². The van der Waals surface area contributed by atoms with Crippen molar-refractivity contribution in [2.45, 2.75) is 25.6 Å². The van der Waals surface area contributed by atoms with Crippen LogP contribution in [0.2, 0.25) is 0 Å². The van der Waals surface area contributed by atoms with Gasteiger partial charge in [-0.3, -0.25) is 9.69 Å². The molecule has 1 aliphatic heterocycles. The van der Waals surface area contributed by atoms with Crippen LogP contribution >= 0.6 is 0 Å². The third kappa shape index (κ3) is 4.21. The fraction of sp³-hybridized carbons (Fsp3) is 0.471. The molecule has 9 heteroatoms. The van der Waals surface area contributed by atoms with Gasteiger partial charge in [0.2, 0.25) is 17.6 Å². The van der Waals surface area contributed by atoms with Crippen LogP contribution in [0.4, 0.5) is 13.2 Å². The Labute approximate surface area is 148 Å². The summed E-state index contributed by atoms with van der Waals surface area (Å²) in [5.41, 5.74) is -0.254. The third-order valence-electron chi connectivity index (χ3n) is 4.50. The van der Waals surface area contributed by atoms with Gasteiger partial charge in [-0.25, -0.2) is 0 Å². The molecule has 2 heterocycles. The number of carbonyl (C=O) groups excluding carboxylic acids is 1. The molecule has 1 amide bonds. The van der Waals surface area contributed by atoms with E-state index in [0.29, 0.717) is 18.0 Å². The first kappa shape index (κ1) is 18.4. The average molecular weight is 368 g/mol. The van der Waals surface area contributed by atoms with E-state index in [1.54, 1.807) is 7.05 Å². The van der Waals surface area contributed by atoms with Crippen LogP contribution in [0.15, 0.2) is 28.8 Å². The number of carbonyl (C=O) groups is 1. The molecule has 1 fully saturated rings. The highest BCUT2D eigenvalue weighted by atomic mass is 19.4. The van der Waals surface area contributed by atoms with Crippen molar-refractivity contribution in [2.75, 3.05) is 20.1 Å². The SMILES string of the molecule is CNC(=O)C1CCN(Cc2nc(-c3ccc(C(F)(F)F)cc3)no2)CC1. The Morgan fingerprint density at radius 2 is 1.92 bits per heavy atom. The second-order valence-corrected chi connectivity index (χ2v) is 6.25. The summed E-state index contributed by atoms with van der Waals surface area (Å²) in [6.07, 6.45) is -2.85. The molecule has 0 atom stereocenters. The van der Waals surface area contributed by atoms with Crippen LogP contribution in [-0.4, -0.2) is 41.1 Å². The van der Waals surface area contributed by atoms with E-state index in [4.69, 9.17) is 4.52 Å². The Kier molecular flexibility index (Phi) is 5.26. The van der Waals surface area contributed by atoms with Crippen LogP contribution < -0.4 is 5.32 Å². The van der Waals surface area contributed by atoms with Crippen molar-refractivity contribution in [2.24, 2.45) is 5.92 Å². The van der Waals surface area contributed by atoms with Crippen LogP contribution in [0.1, 0.15) is 24.3 Å². The van der Waals surface area contributed by atoms with Crippen molar-refractivity contribution >= 4 is 5.91 Å². The lowest BCUT2D eigenvalue weighted by Gasteiger charge is -2.29. The number of aromatic nitrogens is 2. The molecular formula is C17H19F3N4O2. The lowest BCUT2D eigenvalue weighted by atomic mass is 9.96. The van der Waals surface area contributed by atoms with Crippen LogP contribution in [0.25, 0.3) is 11.4 Å². The molecular weight excluding hydrogens is 349 g/mol. The minimum Gasteiger partial charge on any atom is -0.359 e. The second-order valence-electron chi connectivity index (χ2n) is 6.25. The van der Waals surface area contributed by atoms with E-state index in [2.05, 4.69) is 20.4 Å². The number of halogens is 3. The van der Waals surface area contributed by atoms with Gasteiger partial charge in [0.1, 0.15) is 0 Å². The second kappa shape index (κ2) is 7.45. The number of alkyl halides is 3. The maximum absolute atomic E-state index is 12.6. The highest BCUT2D eigenvalue weighted by Gasteiger charge is 2.30. The summed E-state index contributed by atoms with van der Waals surface area (Å²) in [4.78, 5) is 18.0. The molecule has 26 heavy (non-hydrogen) atoms. The lowest BCUT2D eigenvalue weighted by Crippen LogP contribution is -2.39. The number of piperidine rings is 1. The zero-order valence-electron chi connectivity index (χ0n) is 14.2. The molecule has 1 N–H and O–H groups in total. The van der Waals surface area contributed by atoms with E-state index in [1.165, 1.54) is 12.1 Å². The Morgan fingerprint density at radius 1 is 1.27 bits per heavy atom. The van der Waals surface area contributed by atoms with Gasteiger partial charge in [0, 0.05) is 18.5 Å². The van der Waals surface area contributed by atoms with Crippen molar-refractivity contribution in [1.29, 1.82) is 0 Å². The van der Waals surface area contributed by atoms with Crippen molar-refractivity contribution in [3.8, 4) is 11.4 Å². The zero-order chi connectivity index (χ0) is 18.7. The number of nitrogens with zero attached hydrogens (tertiary/aromatic N) is 3. The first-order chi connectivity index (χ1) is 12.4. The van der Waals surface area contributed by atoms with Crippen molar-refractivity contribution in [3.05, 3.63) is 35.7 Å². The number of likely N-dealkylation sites (tertiary alicyclic amines) is 1. The minimum atomic E-state index is -4.37. The first-order valence-corrected chi connectivity index (χ1v) is 8.31. The third-order valence-corrected chi connectivity index (χ3v) is 4.50. The quantitative estimate of drug-likeness (QED) is 0.899. The Hall–Kier alpha value is -2.42. The Bertz CT molecular complexity index is 750. The van der Waals surface area contributed by atoms with Crippen molar-refractivity contribution < 1.29 is 22.5 Å². The molecule has 0 spiro atoms. The molecule has 1 aromatic heterocycles. The van der Waals surface area contributed by atoms with E-state index >= 15 is 0 Å². The fourth-order valence-electron chi connectivity index (χ4n) is 2.99. The molecule has 0 radical (unpaired) electrons. The normalized spacial score (nSPS) is 16.6. The summed E-state index contributed by atoms with van der Waals surface area (Å²) in [5, 5.41) is 6.51.